The topological polar surface area (TPSA) is 101 Å². The van der Waals surface area contributed by atoms with E-state index in [4.69, 9.17) is 5.73 Å². The van der Waals surface area contributed by atoms with E-state index < -0.39 is 23.7 Å². The average Bonchev–Trinajstić information content (AvgIpc) is 3.31. The first-order valence-electron chi connectivity index (χ1n) is 9.04. The van der Waals surface area contributed by atoms with Gasteiger partial charge >= 0.3 is 6.18 Å². The van der Waals surface area contributed by atoms with Crippen molar-refractivity contribution >= 4 is 23.3 Å². The van der Waals surface area contributed by atoms with Crippen LogP contribution in [-0.4, -0.2) is 34.4 Å². The molecule has 4 rings (SSSR count). The van der Waals surface area contributed by atoms with Gasteiger partial charge in [0, 0.05) is 24.6 Å². The minimum atomic E-state index is -4.47. The first kappa shape index (κ1) is 19.2. The summed E-state index contributed by atoms with van der Waals surface area (Å²) in [6.45, 7) is 0.562. The average molecular weight is 405 g/mol. The van der Waals surface area contributed by atoms with Crippen LogP contribution < -0.4 is 16.0 Å². The fourth-order valence-electron chi connectivity index (χ4n) is 3.66. The van der Waals surface area contributed by atoms with Crippen LogP contribution in [0, 0.1) is 5.41 Å². The molecule has 2 amide bonds. The normalized spacial score (nSPS) is 20.0. The summed E-state index contributed by atoms with van der Waals surface area (Å²) < 4.78 is 38.4. The van der Waals surface area contributed by atoms with E-state index in [9.17, 15) is 22.8 Å². The summed E-state index contributed by atoms with van der Waals surface area (Å²) in [4.78, 5) is 33.7. The van der Waals surface area contributed by atoms with E-state index in [1.807, 2.05) is 0 Å². The van der Waals surface area contributed by atoms with E-state index in [0.717, 1.165) is 25.1 Å². The SMILES string of the molecule is NC(=O)c1cc(NC(=O)C2CC3(CC3)CN2c2ccc(C(F)(F)F)cn2)ccn1. The van der Waals surface area contributed by atoms with Crippen LogP contribution in [0.4, 0.5) is 24.7 Å². The number of halogens is 3. The lowest BCUT2D eigenvalue weighted by molar-refractivity contribution is -0.137. The Kier molecular flexibility index (Phi) is 4.44. The molecule has 29 heavy (non-hydrogen) atoms. The van der Waals surface area contributed by atoms with Crippen molar-refractivity contribution in [3.05, 3.63) is 47.9 Å². The number of nitrogens with two attached hydrogens (primary N) is 1. The highest BCUT2D eigenvalue weighted by molar-refractivity contribution is 5.98. The summed E-state index contributed by atoms with van der Waals surface area (Å²) in [7, 11) is 0. The molecule has 0 radical (unpaired) electrons. The zero-order valence-electron chi connectivity index (χ0n) is 15.2. The summed E-state index contributed by atoms with van der Waals surface area (Å²) in [5.41, 5.74) is 4.77. The molecular weight excluding hydrogens is 387 g/mol. The summed E-state index contributed by atoms with van der Waals surface area (Å²) in [5, 5.41) is 2.74. The molecule has 1 atom stereocenters. The molecular formula is C19H18F3N5O2. The largest absolute Gasteiger partial charge is 0.417 e. The van der Waals surface area contributed by atoms with Crippen molar-refractivity contribution in [1.29, 1.82) is 0 Å². The first-order valence-corrected chi connectivity index (χ1v) is 9.04. The van der Waals surface area contributed by atoms with Gasteiger partial charge in [0.25, 0.3) is 5.91 Å². The third kappa shape index (κ3) is 3.87. The van der Waals surface area contributed by atoms with Crippen LogP contribution in [0.25, 0.3) is 0 Å². The van der Waals surface area contributed by atoms with Gasteiger partial charge in [-0.25, -0.2) is 4.98 Å². The van der Waals surface area contributed by atoms with E-state index in [1.54, 1.807) is 4.90 Å². The minimum Gasteiger partial charge on any atom is -0.364 e. The minimum absolute atomic E-state index is 0.00299. The van der Waals surface area contributed by atoms with E-state index in [0.29, 0.717) is 24.5 Å². The summed E-state index contributed by atoms with van der Waals surface area (Å²) in [6, 6.07) is 4.60. The maximum Gasteiger partial charge on any atom is 0.417 e. The molecule has 3 heterocycles. The predicted molar refractivity (Wildman–Crippen MR) is 98.0 cm³/mol. The van der Waals surface area contributed by atoms with E-state index in [-0.39, 0.29) is 17.0 Å². The molecule has 10 heteroatoms. The Bertz CT molecular complexity index is 957. The van der Waals surface area contributed by atoms with Gasteiger partial charge in [0.15, 0.2) is 0 Å². The van der Waals surface area contributed by atoms with E-state index >= 15 is 0 Å². The second-order valence-corrected chi connectivity index (χ2v) is 7.53. The second kappa shape index (κ2) is 6.71. The number of carbonyl (C=O) groups excluding carboxylic acids is 2. The van der Waals surface area contributed by atoms with Gasteiger partial charge in [-0.05, 0) is 48.9 Å². The van der Waals surface area contributed by atoms with Crippen LogP contribution in [0.15, 0.2) is 36.7 Å². The van der Waals surface area contributed by atoms with Crippen molar-refractivity contribution in [2.45, 2.75) is 31.5 Å². The molecule has 1 saturated carbocycles. The number of primary amides is 1. The van der Waals surface area contributed by atoms with Gasteiger partial charge in [-0.1, -0.05) is 0 Å². The third-order valence-electron chi connectivity index (χ3n) is 5.42. The zero-order valence-corrected chi connectivity index (χ0v) is 15.2. The van der Waals surface area contributed by atoms with Gasteiger partial charge < -0.3 is 16.0 Å². The number of carbonyl (C=O) groups is 2. The van der Waals surface area contributed by atoms with Gasteiger partial charge in [-0.2, -0.15) is 13.2 Å². The van der Waals surface area contributed by atoms with Gasteiger partial charge in [-0.3, -0.25) is 14.6 Å². The third-order valence-corrected chi connectivity index (χ3v) is 5.42. The van der Waals surface area contributed by atoms with Gasteiger partial charge in [0.2, 0.25) is 5.91 Å². The van der Waals surface area contributed by atoms with Crippen molar-refractivity contribution in [3.63, 3.8) is 0 Å². The van der Waals surface area contributed by atoms with Crippen LogP contribution in [-0.2, 0) is 11.0 Å². The molecule has 1 saturated heterocycles. The fraction of sp³-hybridized carbons (Fsp3) is 0.368. The van der Waals surface area contributed by atoms with Crippen molar-refractivity contribution in [3.8, 4) is 0 Å². The van der Waals surface area contributed by atoms with Crippen molar-refractivity contribution in [2.24, 2.45) is 11.1 Å². The lowest BCUT2D eigenvalue weighted by atomic mass is 10.0. The molecule has 3 N–H and O–H groups in total. The summed E-state index contributed by atoms with van der Waals surface area (Å²) in [6.07, 6.45) is 0.204. The second-order valence-electron chi connectivity index (χ2n) is 7.53. The maximum atomic E-state index is 12.9. The molecule has 2 aliphatic rings. The quantitative estimate of drug-likeness (QED) is 0.814. The summed E-state index contributed by atoms with van der Waals surface area (Å²) in [5.74, 6) is -0.707. The Morgan fingerprint density at radius 2 is 1.97 bits per heavy atom. The molecule has 1 unspecified atom stereocenters. The number of rotatable bonds is 4. The van der Waals surface area contributed by atoms with E-state index in [1.165, 1.54) is 24.4 Å². The molecule has 2 aromatic heterocycles. The number of pyridine rings is 2. The first-order chi connectivity index (χ1) is 13.7. The molecule has 0 aromatic carbocycles. The number of hydrogen-bond donors (Lipinski definition) is 2. The number of alkyl halides is 3. The van der Waals surface area contributed by atoms with Crippen molar-refractivity contribution in [2.75, 3.05) is 16.8 Å². The number of hydrogen-bond acceptors (Lipinski definition) is 5. The standard InChI is InChI=1S/C19H18F3N5O2/c20-19(21,22)11-1-2-15(25-9-11)27-10-18(4-5-18)8-14(27)17(29)26-12-3-6-24-13(7-12)16(23)28/h1-3,6-7,9,14H,4-5,8,10H2,(H2,23,28)(H,24,26,29). The lowest BCUT2D eigenvalue weighted by Gasteiger charge is -2.25. The number of anilines is 2. The molecule has 7 nitrogen and oxygen atoms in total. The molecule has 2 fully saturated rings. The Labute approximate surface area is 164 Å². The Morgan fingerprint density at radius 1 is 1.21 bits per heavy atom. The molecule has 1 aliphatic carbocycles. The Balaban J connectivity index is 1.55. The molecule has 2 aromatic rings. The Morgan fingerprint density at radius 3 is 2.55 bits per heavy atom. The molecule has 1 spiro atoms. The number of aromatic nitrogens is 2. The van der Waals surface area contributed by atoms with Gasteiger partial charge in [0.1, 0.15) is 17.6 Å². The molecule has 0 bridgehead atoms. The summed E-state index contributed by atoms with van der Waals surface area (Å²) >= 11 is 0. The smallest absolute Gasteiger partial charge is 0.364 e. The maximum absolute atomic E-state index is 12.9. The highest BCUT2D eigenvalue weighted by atomic mass is 19.4. The van der Waals surface area contributed by atoms with Crippen molar-refractivity contribution < 1.29 is 22.8 Å². The number of nitrogens with zero attached hydrogens (tertiary/aromatic N) is 3. The molecule has 1 aliphatic heterocycles. The van der Waals surface area contributed by atoms with Crippen LogP contribution in [0.1, 0.15) is 35.3 Å². The fourth-order valence-corrected chi connectivity index (χ4v) is 3.66. The highest BCUT2D eigenvalue weighted by Crippen LogP contribution is 2.55. The Hall–Kier alpha value is -3.17. The highest BCUT2D eigenvalue weighted by Gasteiger charge is 2.54. The van der Waals surface area contributed by atoms with Gasteiger partial charge in [-0.15, -0.1) is 0 Å². The van der Waals surface area contributed by atoms with E-state index in [2.05, 4.69) is 15.3 Å². The zero-order chi connectivity index (χ0) is 20.8. The van der Waals surface area contributed by atoms with Crippen molar-refractivity contribution in [1.82, 2.24) is 9.97 Å². The molecule has 152 valence electrons. The van der Waals surface area contributed by atoms with Gasteiger partial charge in [0.05, 0.1) is 5.56 Å². The number of amides is 2. The lowest BCUT2D eigenvalue weighted by Crippen LogP contribution is -2.40. The van der Waals surface area contributed by atoms with Crippen LogP contribution >= 0.6 is 0 Å². The van der Waals surface area contributed by atoms with Crippen LogP contribution in [0.3, 0.4) is 0 Å². The monoisotopic (exact) mass is 405 g/mol. The van der Waals surface area contributed by atoms with Crippen LogP contribution in [0.2, 0.25) is 0 Å². The predicted octanol–water partition coefficient (Wildman–Crippen LogP) is 2.59. The van der Waals surface area contributed by atoms with Crippen LogP contribution in [0.5, 0.6) is 0 Å². The number of nitrogens with one attached hydrogen (secondary N) is 1.